The van der Waals surface area contributed by atoms with Crippen molar-refractivity contribution in [1.82, 2.24) is 4.98 Å². The molecule has 1 heterocycles. The Morgan fingerprint density at radius 3 is 2.63 bits per heavy atom. The van der Waals surface area contributed by atoms with Crippen LogP contribution in [0.1, 0.15) is 36.0 Å². The van der Waals surface area contributed by atoms with E-state index in [1.54, 1.807) is 12.1 Å². The van der Waals surface area contributed by atoms with Crippen molar-refractivity contribution >= 4 is 40.2 Å². The Balaban J connectivity index is 2.54. The third-order valence-corrected chi connectivity index (χ3v) is 4.13. The van der Waals surface area contributed by atoms with Gasteiger partial charge in [-0.05, 0) is 46.7 Å². The van der Waals surface area contributed by atoms with Crippen LogP contribution in [0.5, 0.6) is 0 Å². The highest BCUT2D eigenvalue weighted by atomic mass is 127. The number of oxazole rings is 1. The maximum Gasteiger partial charge on any atom is 0.373 e. The van der Waals surface area contributed by atoms with Crippen molar-refractivity contribution in [1.29, 1.82) is 0 Å². The van der Waals surface area contributed by atoms with Crippen molar-refractivity contribution in [3.8, 4) is 11.5 Å². The van der Waals surface area contributed by atoms with Crippen LogP contribution in [-0.4, -0.2) is 16.1 Å². The molecule has 0 unspecified atom stereocenters. The number of hydrogen-bond donors (Lipinski definition) is 1. The molecule has 2 aromatic rings. The van der Waals surface area contributed by atoms with E-state index in [2.05, 4.69) is 27.6 Å². The lowest BCUT2D eigenvalue weighted by molar-refractivity contribution is 0.0661. The van der Waals surface area contributed by atoms with Crippen LogP contribution in [-0.2, 0) is 0 Å². The second kappa shape index (κ2) is 5.50. The maximum atomic E-state index is 11.1. The number of aromatic nitrogens is 1. The summed E-state index contributed by atoms with van der Waals surface area (Å²) < 4.78 is 6.26. The van der Waals surface area contributed by atoms with Gasteiger partial charge in [0, 0.05) is 9.13 Å². The van der Waals surface area contributed by atoms with E-state index in [9.17, 15) is 4.79 Å². The third kappa shape index (κ3) is 2.92. The zero-order valence-electron chi connectivity index (χ0n) is 10.3. The smallest absolute Gasteiger partial charge is 0.373 e. The van der Waals surface area contributed by atoms with E-state index in [-0.39, 0.29) is 17.6 Å². The third-order valence-electron chi connectivity index (χ3n) is 2.56. The molecule has 0 saturated heterocycles. The van der Waals surface area contributed by atoms with Crippen LogP contribution in [0.4, 0.5) is 0 Å². The lowest BCUT2D eigenvalue weighted by Gasteiger charge is -1.99. The van der Waals surface area contributed by atoms with Crippen LogP contribution in [0.3, 0.4) is 0 Å². The van der Waals surface area contributed by atoms with Gasteiger partial charge in [-0.1, -0.05) is 25.4 Å². The summed E-state index contributed by atoms with van der Waals surface area (Å²) in [6.45, 7) is 3.74. The summed E-state index contributed by atoms with van der Waals surface area (Å²) in [6, 6.07) is 5.35. The minimum absolute atomic E-state index is 0.0251. The van der Waals surface area contributed by atoms with Gasteiger partial charge < -0.3 is 9.52 Å². The number of carboxylic acids is 1. The molecule has 19 heavy (non-hydrogen) atoms. The number of nitrogens with zero attached hydrogens (tertiary/aromatic N) is 1. The molecule has 0 atom stereocenters. The van der Waals surface area contributed by atoms with Crippen LogP contribution < -0.4 is 0 Å². The number of carbonyl (C=O) groups is 1. The fraction of sp³-hybridized carbons (Fsp3) is 0.231. The first kappa shape index (κ1) is 14.3. The Morgan fingerprint density at radius 2 is 2.16 bits per heavy atom. The summed E-state index contributed by atoms with van der Waals surface area (Å²) in [5.41, 5.74) is 1.11. The molecular weight excluding hydrogens is 381 g/mol. The van der Waals surface area contributed by atoms with E-state index in [4.69, 9.17) is 21.1 Å². The topological polar surface area (TPSA) is 63.3 Å². The first-order valence-electron chi connectivity index (χ1n) is 5.59. The van der Waals surface area contributed by atoms with Gasteiger partial charge in [-0.15, -0.1) is 0 Å². The highest BCUT2D eigenvalue weighted by Crippen LogP contribution is 2.29. The van der Waals surface area contributed by atoms with Crippen LogP contribution in [0, 0.1) is 3.57 Å². The first-order chi connectivity index (χ1) is 8.90. The highest BCUT2D eigenvalue weighted by Gasteiger charge is 2.22. The fourth-order valence-corrected chi connectivity index (χ4v) is 2.15. The zero-order chi connectivity index (χ0) is 14.2. The van der Waals surface area contributed by atoms with E-state index < -0.39 is 5.97 Å². The number of benzene rings is 1. The van der Waals surface area contributed by atoms with Crippen LogP contribution in [0.25, 0.3) is 11.5 Å². The Labute approximate surface area is 128 Å². The molecule has 2 rings (SSSR count). The van der Waals surface area contributed by atoms with Crippen LogP contribution >= 0.6 is 34.2 Å². The quantitative estimate of drug-likeness (QED) is 0.787. The van der Waals surface area contributed by atoms with Gasteiger partial charge in [-0.25, -0.2) is 9.78 Å². The van der Waals surface area contributed by atoms with Gasteiger partial charge in [0.2, 0.25) is 11.7 Å². The molecule has 0 spiro atoms. The van der Waals surface area contributed by atoms with Crippen LogP contribution in [0.15, 0.2) is 22.6 Å². The lowest BCUT2D eigenvalue weighted by atomic mass is 10.1. The molecule has 0 aliphatic carbocycles. The van der Waals surface area contributed by atoms with Gasteiger partial charge in [-0.3, -0.25) is 0 Å². The summed E-state index contributed by atoms with van der Waals surface area (Å²) in [5.74, 6) is -0.971. The van der Waals surface area contributed by atoms with Gasteiger partial charge in [0.1, 0.15) is 0 Å². The monoisotopic (exact) mass is 391 g/mol. The minimum Gasteiger partial charge on any atom is -0.475 e. The number of aromatic carboxylic acids is 1. The van der Waals surface area contributed by atoms with Crippen molar-refractivity contribution in [2.24, 2.45) is 0 Å². The van der Waals surface area contributed by atoms with Crippen molar-refractivity contribution in [3.05, 3.63) is 38.2 Å². The molecule has 0 aliphatic heterocycles. The summed E-state index contributed by atoms with van der Waals surface area (Å²) >= 11 is 8.16. The number of hydrogen-bond acceptors (Lipinski definition) is 3. The standard InChI is InChI=1S/C13H11ClINO3/c1-6(2)10-11(13(17)18)19-12(16-10)7-3-4-9(15)8(14)5-7/h3-6H,1-2H3,(H,17,18). The second-order valence-corrected chi connectivity index (χ2v) is 5.89. The van der Waals surface area contributed by atoms with Crippen molar-refractivity contribution in [2.75, 3.05) is 0 Å². The molecule has 1 aromatic heterocycles. The number of rotatable bonds is 3. The van der Waals surface area contributed by atoms with Gasteiger partial charge >= 0.3 is 5.97 Å². The largest absolute Gasteiger partial charge is 0.475 e. The molecule has 0 saturated carbocycles. The Bertz CT molecular complexity index is 637. The lowest BCUT2D eigenvalue weighted by Crippen LogP contribution is -2.01. The summed E-state index contributed by atoms with van der Waals surface area (Å²) in [7, 11) is 0. The molecule has 100 valence electrons. The van der Waals surface area contributed by atoms with Gasteiger partial charge in [0.05, 0.1) is 10.7 Å². The summed E-state index contributed by atoms with van der Waals surface area (Å²) in [6.07, 6.45) is 0. The van der Waals surface area contributed by atoms with E-state index in [1.165, 1.54) is 0 Å². The minimum atomic E-state index is -1.11. The fourth-order valence-electron chi connectivity index (χ4n) is 1.63. The van der Waals surface area contributed by atoms with E-state index in [0.29, 0.717) is 16.3 Å². The van der Waals surface area contributed by atoms with E-state index in [0.717, 1.165) is 3.57 Å². The molecule has 1 N–H and O–H groups in total. The van der Waals surface area contributed by atoms with E-state index >= 15 is 0 Å². The normalized spacial score (nSPS) is 11.0. The Kier molecular flexibility index (Phi) is 4.15. The maximum absolute atomic E-state index is 11.1. The van der Waals surface area contributed by atoms with Crippen LogP contribution in [0.2, 0.25) is 5.02 Å². The number of carboxylic acid groups (broad SMARTS) is 1. The second-order valence-electron chi connectivity index (χ2n) is 4.32. The molecular formula is C13H11ClINO3. The van der Waals surface area contributed by atoms with Crippen molar-refractivity contribution in [2.45, 2.75) is 19.8 Å². The van der Waals surface area contributed by atoms with Gasteiger partial charge in [0.15, 0.2) is 0 Å². The SMILES string of the molecule is CC(C)c1nc(-c2ccc(I)c(Cl)c2)oc1C(=O)O. The van der Waals surface area contributed by atoms with Crippen molar-refractivity contribution in [3.63, 3.8) is 0 Å². The van der Waals surface area contributed by atoms with Gasteiger partial charge in [-0.2, -0.15) is 0 Å². The molecule has 0 fully saturated rings. The molecule has 0 bridgehead atoms. The Morgan fingerprint density at radius 1 is 1.47 bits per heavy atom. The predicted octanol–water partition coefficient (Wildman–Crippen LogP) is 4.42. The van der Waals surface area contributed by atoms with Gasteiger partial charge in [0.25, 0.3) is 0 Å². The summed E-state index contributed by atoms with van der Waals surface area (Å²) in [5, 5.41) is 9.70. The average molecular weight is 392 g/mol. The highest BCUT2D eigenvalue weighted by molar-refractivity contribution is 14.1. The first-order valence-corrected chi connectivity index (χ1v) is 7.05. The molecule has 4 nitrogen and oxygen atoms in total. The molecule has 1 aromatic carbocycles. The molecule has 0 amide bonds. The number of halogens is 2. The molecule has 0 radical (unpaired) electrons. The predicted molar refractivity (Wildman–Crippen MR) is 80.7 cm³/mol. The summed E-state index contributed by atoms with van der Waals surface area (Å²) in [4.78, 5) is 15.4. The zero-order valence-corrected chi connectivity index (χ0v) is 13.2. The van der Waals surface area contributed by atoms with E-state index in [1.807, 2.05) is 19.9 Å². The Hall–Kier alpha value is -1.08. The molecule has 0 aliphatic rings. The molecule has 6 heteroatoms. The van der Waals surface area contributed by atoms with Crippen molar-refractivity contribution < 1.29 is 14.3 Å². The average Bonchev–Trinajstić information content (AvgIpc) is 2.78.